The van der Waals surface area contributed by atoms with E-state index in [0.717, 1.165) is 18.8 Å². The molecule has 0 bridgehead atoms. The zero-order valence-corrected chi connectivity index (χ0v) is 8.37. The molecule has 0 fully saturated rings. The van der Waals surface area contributed by atoms with Gasteiger partial charge in [0.2, 0.25) is 0 Å². The molecule has 3 heteroatoms. The molecule has 0 aliphatic carbocycles. The van der Waals surface area contributed by atoms with Crippen LogP contribution in [0, 0.1) is 6.92 Å². The monoisotopic (exact) mass is 170 g/mol. The van der Waals surface area contributed by atoms with Crippen LogP contribution in [0.4, 0.5) is 0 Å². The normalized spacial score (nSPS) is 9.00. The molecule has 0 saturated heterocycles. The van der Waals surface area contributed by atoms with Crippen LogP contribution in [0.5, 0.6) is 0 Å². The summed E-state index contributed by atoms with van der Waals surface area (Å²) in [6, 6.07) is 0. The van der Waals surface area contributed by atoms with Crippen LogP contribution in [0.2, 0.25) is 0 Å². The molecule has 1 rings (SSSR count). The minimum atomic E-state index is 0.746. The Morgan fingerprint density at radius 1 is 1.50 bits per heavy atom. The second-order valence-electron chi connectivity index (χ2n) is 2.25. The fourth-order valence-electron chi connectivity index (χ4n) is 0.791. The number of rotatable bonds is 3. The van der Waals surface area contributed by atoms with Crippen molar-refractivity contribution in [3.05, 3.63) is 18.2 Å². The Balaban J connectivity index is 0.000000561. The molecule has 0 N–H and O–H groups in total. The first kappa shape index (κ1) is 11.2. The van der Waals surface area contributed by atoms with Gasteiger partial charge in [0, 0.05) is 19.9 Å². The van der Waals surface area contributed by atoms with Crippen LogP contribution < -0.4 is 0 Å². The molecule has 0 aromatic carbocycles. The molecule has 0 aliphatic rings. The van der Waals surface area contributed by atoms with E-state index in [4.69, 9.17) is 4.74 Å². The second kappa shape index (κ2) is 6.85. The van der Waals surface area contributed by atoms with Gasteiger partial charge in [-0.1, -0.05) is 13.8 Å². The molecule has 0 unspecified atom stereocenters. The predicted molar refractivity (Wildman–Crippen MR) is 50.2 cm³/mol. The van der Waals surface area contributed by atoms with E-state index in [-0.39, 0.29) is 0 Å². The molecule has 70 valence electrons. The van der Waals surface area contributed by atoms with Crippen molar-refractivity contribution in [2.75, 3.05) is 13.7 Å². The highest BCUT2D eigenvalue weighted by Gasteiger charge is 1.90. The quantitative estimate of drug-likeness (QED) is 0.692. The predicted octanol–water partition coefficient (Wildman–Crippen LogP) is 1.86. The van der Waals surface area contributed by atoms with E-state index in [9.17, 15) is 0 Å². The average Bonchev–Trinajstić information content (AvgIpc) is 2.51. The Morgan fingerprint density at radius 3 is 2.58 bits per heavy atom. The van der Waals surface area contributed by atoms with Crippen LogP contribution >= 0.6 is 0 Å². The minimum absolute atomic E-state index is 0.746. The molecule has 0 amide bonds. The Hall–Kier alpha value is -0.830. The molecule has 0 aliphatic heterocycles. The Bertz CT molecular complexity index is 196. The number of hydrogen-bond donors (Lipinski definition) is 0. The second-order valence-corrected chi connectivity index (χ2v) is 2.25. The Labute approximate surface area is 74.4 Å². The fraction of sp³-hybridized carbons (Fsp3) is 0.667. The highest BCUT2D eigenvalue weighted by atomic mass is 16.5. The highest BCUT2D eigenvalue weighted by Crippen LogP contribution is 1.92. The number of imidazole rings is 1. The molecule has 12 heavy (non-hydrogen) atoms. The van der Waals surface area contributed by atoms with Crippen LogP contribution in [0.25, 0.3) is 0 Å². The first-order valence-electron chi connectivity index (χ1n) is 4.30. The Morgan fingerprint density at radius 2 is 2.17 bits per heavy atom. The number of aromatic nitrogens is 2. The van der Waals surface area contributed by atoms with E-state index in [2.05, 4.69) is 4.98 Å². The van der Waals surface area contributed by atoms with Crippen LogP contribution in [-0.2, 0) is 11.3 Å². The number of nitrogens with zero attached hydrogens (tertiary/aromatic N) is 2. The number of hydrogen-bond acceptors (Lipinski definition) is 2. The smallest absolute Gasteiger partial charge is 0.0950 e. The maximum absolute atomic E-state index is 4.91. The van der Waals surface area contributed by atoms with E-state index in [0.29, 0.717) is 0 Å². The lowest BCUT2D eigenvalue weighted by atomic mass is 10.5. The lowest BCUT2D eigenvalue weighted by Crippen LogP contribution is -2.00. The zero-order valence-electron chi connectivity index (χ0n) is 8.37. The van der Waals surface area contributed by atoms with Gasteiger partial charge in [0.05, 0.1) is 18.6 Å². The molecular formula is C9H18N2O. The van der Waals surface area contributed by atoms with Gasteiger partial charge in [-0.15, -0.1) is 0 Å². The van der Waals surface area contributed by atoms with E-state index in [1.807, 2.05) is 37.9 Å². The SMILES string of the molecule is CC.COCCn1cnc(C)c1. The number of ether oxygens (including phenoxy) is 1. The van der Waals surface area contributed by atoms with Crippen molar-refractivity contribution in [2.45, 2.75) is 27.3 Å². The topological polar surface area (TPSA) is 27.1 Å². The van der Waals surface area contributed by atoms with Gasteiger partial charge < -0.3 is 9.30 Å². The van der Waals surface area contributed by atoms with Gasteiger partial charge >= 0.3 is 0 Å². The summed E-state index contributed by atoms with van der Waals surface area (Å²) in [5.74, 6) is 0. The summed E-state index contributed by atoms with van der Waals surface area (Å²) < 4.78 is 6.92. The lowest BCUT2D eigenvalue weighted by molar-refractivity contribution is 0.187. The molecule has 0 atom stereocenters. The third-order valence-electron chi connectivity index (χ3n) is 1.32. The van der Waals surface area contributed by atoms with Crippen molar-refractivity contribution in [2.24, 2.45) is 0 Å². The van der Waals surface area contributed by atoms with Gasteiger partial charge in [-0.3, -0.25) is 0 Å². The minimum Gasteiger partial charge on any atom is -0.383 e. The molecule has 0 radical (unpaired) electrons. The number of aryl methyl sites for hydroxylation is 1. The highest BCUT2D eigenvalue weighted by molar-refractivity contribution is 4.91. The van der Waals surface area contributed by atoms with Crippen molar-refractivity contribution in [1.29, 1.82) is 0 Å². The lowest BCUT2D eigenvalue weighted by Gasteiger charge is -1.97. The van der Waals surface area contributed by atoms with Crippen LogP contribution in [0.3, 0.4) is 0 Å². The van der Waals surface area contributed by atoms with Crippen molar-refractivity contribution in [3.8, 4) is 0 Å². The summed E-state index contributed by atoms with van der Waals surface area (Å²) in [5, 5.41) is 0. The third-order valence-corrected chi connectivity index (χ3v) is 1.32. The van der Waals surface area contributed by atoms with Gasteiger partial charge in [-0.25, -0.2) is 4.98 Å². The van der Waals surface area contributed by atoms with E-state index in [1.165, 1.54) is 0 Å². The molecule has 0 spiro atoms. The third kappa shape index (κ3) is 4.13. The van der Waals surface area contributed by atoms with Crippen LogP contribution in [-0.4, -0.2) is 23.3 Å². The van der Waals surface area contributed by atoms with Crippen molar-refractivity contribution < 1.29 is 4.74 Å². The standard InChI is InChI=1S/C7H12N2O.C2H6/c1-7-5-9(6-8-7)3-4-10-2;1-2/h5-6H,3-4H2,1-2H3;1-2H3. The van der Waals surface area contributed by atoms with Crippen LogP contribution in [0.1, 0.15) is 19.5 Å². The molecule has 1 heterocycles. The maximum Gasteiger partial charge on any atom is 0.0950 e. The van der Waals surface area contributed by atoms with Crippen molar-refractivity contribution >= 4 is 0 Å². The van der Waals surface area contributed by atoms with Crippen molar-refractivity contribution in [1.82, 2.24) is 9.55 Å². The number of methoxy groups -OCH3 is 1. The van der Waals surface area contributed by atoms with Gasteiger partial charge in [0.1, 0.15) is 0 Å². The molecule has 3 nitrogen and oxygen atoms in total. The fourth-order valence-corrected chi connectivity index (χ4v) is 0.791. The molecule has 0 saturated carbocycles. The van der Waals surface area contributed by atoms with Gasteiger partial charge in [0.15, 0.2) is 0 Å². The summed E-state index contributed by atoms with van der Waals surface area (Å²) in [6.07, 6.45) is 3.81. The molecule has 1 aromatic rings. The van der Waals surface area contributed by atoms with E-state index >= 15 is 0 Å². The zero-order chi connectivity index (χ0) is 9.40. The van der Waals surface area contributed by atoms with E-state index < -0.39 is 0 Å². The van der Waals surface area contributed by atoms with Crippen LogP contribution in [0.15, 0.2) is 12.5 Å². The Kier molecular flexibility index (Phi) is 6.38. The summed E-state index contributed by atoms with van der Waals surface area (Å²) >= 11 is 0. The van der Waals surface area contributed by atoms with Crippen molar-refractivity contribution in [3.63, 3.8) is 0 Å². The summed E-state index contributed by atoms with van der Waals surface area (Å²) in [6.45, 7) is 7.61. The summed E-state index contributed by atoms with van der Waals surface area (Å²) in [5.41, 5.74) is 1.05. The first-order valence-corrected chi connectivity index (χ1v) is 4.30. The maximum atomic E-state index is 4.91. The van der Waals surface area contributed by atoms with Gasteiger partial charge in [-0.2, -0.15) is 0 Å². The first-order chi connectivity index (χ1) is 5.83. The summed E-state index contributed by atoms with van der Waals surface area (Å²) in [7, 11) is 1.70. The van der Waals surface area contributed by atoms with E-state index in [1.54, 1.807) is 7.11 Å². The summed E-state index contributed by atoms with van der Waals surface area (Å²) in [4.78, 5) is 4.08. The van der Waals surface area contributed by atoms with Gasteiger partial charge in [-0.05, 0) is 6.92 Å². The molecule has 1 aromatic heterocycles. The average molecular weight is 170 g/mol. The van der Waals surface area contributed by atoms with Gasteiger partial charge in [0.25, 0.3) is 0 Å². The molecular weight excluding hydrogens is 152 g/mol. The largest absolute Gasteiger partial charge is 0.383 e.